The van der Waals surface area contributed by atoms with E-state index in [1.54, 1.807) is 17.0 Å². The quantitative estimate of drug-likeness (QED) is 0.658. The van der Waals surface area contributed by atoms with E-state index < -0.39 is 16.1 Å². The molecule has 2 aliphatic rings. The maximum absolute atomic E-state index is 12.9. The molecule has 2 heterocycles. The molecule has 3 rings (SSSR count). The van der Waals surface area contributed by atoms with E-state index in [0.29, 0.717) is 13.0 Å². The van der Waals surface area contributed by atoms with E-state index in [2.05, 4.69) is 15.9 Å². The van der Waals surface area contributed by atoms with Crippen molar-refractivity contribution in [2.24, 2.45) is 0 Å². The summed E-state index contributed by atoms with van der Waals surface area (Å²) in [6.07, 6.45) is 4.38. The Kier molecular flexibility index (Phi) is 6.77. The molecule has 1 aromatic rings. The first-order valence-corrected chi connectivity index (χ1v) is 11.8. The first-order chi connectivity index (χ1) is 13.3. The zero-order valence-electron chi connectivity index (χ0n) is 16.0. The Labute approximate surface area is 174 Å². The Morgan fingerprint density at radius 1 is 1.07 bits per heavy atom. The molecule has 9 heteroatoms. The van der Waals surface area contributed by atoms with Crippen molar-refractivity contribution in [1.29, 1.82) is 0 Å². The van der Waals surface area contributed by atoms with Gasteiger partial charge in [0.15, 0.2) is 0 Å². The summed E-state index contributed by atoms with van der Waals surface area (Å²) in [5, 5.41) is 0. The molecule has 1 atom stereocenters. The summed E-state index contributed by atoms with van der Waals surface area (Å²) >= 11 is 3.28. The molecule has 2 fully saturated rings. The van der Waals surface area contributed by atoms with Gasteiger partial charge in [0.25, 0.3) is 0 Å². The van der Waals surface area contributed by atoms with E-state index in [1.165, 1.54) is 19.2 Å². The Morgan fingerprint density at radius 2 is 1.68 bits per heavy atom. The molecule has 0 spiro atoms. The Bertz CT molecular complexity index is 822. The minimum absolute atomic E-state index is 0.00368. The minimum Gasteiger partial charge on any atom is -0.341 e. The van der Waals surface area contributed by atoms with Gasteiger partial charge in [-0.2, -0.15) is 4.31 Å². The lowest BCUT2D eigenvalue weighted by Crippen LogP contribution is -2.54. The van der Waals surface area contributed by atoms with Crippen molar-refractivity contribution in [1.82, 2.24) is 14.1 Å². The summed E-state index contributed by atoms with van der Waals surface area (Å²) in [7, 11) is -2.37. The van der Waals surface area contributed by atoms with Gasteiger partial charge in [0.1, 0.15) is 6.04 Å². The monoisotopic (exact) mass is 471 g/mol. The number of likely N-dealkylation sites (N-methyl/N-ethyl adjacent to an activating group) is 1. The minimum atomic E-state index is -3.77. The van der Waals surface area contributed by atoms with Gasteiger partial charge in [0.05, 0.1) is 11.4 Å². The molecule has 0 aromatic heterocycles. The fourth-order valence-corrected chi connectivity index (χ4v) is 5.17. The number of likely N-dealkylation sites (tertiary alicyclic amines) is 2. The number of halogens is 1. The van der Waals surface area contributed by atoms with Gasteiger partial charge in [-0.3, -0.25) is 9.59 Å². The lowest BCUT2D eigenvalue weighted by atomic mass is 10.0. The molecule has 2 amide bonds. The Morgan fingerprint density at radius 3 is 2.32 bits per heavy atom. The van der Waals surface area contributed by atoms with Crippen molar-refractivity contribution >= 4 is 37.8 Å². The second kappa shape index (κ2) is 8.92. The van der Waals surface area contributed by atoms with Crippen LogP contribution in [0.1, 0.15) is 32.1 Å². The highest BCUT2D eigenvalue weighted by Gasteiger charge is 2.36. The van der Waals surface area contributed by atoms with E-state index in [-0.39, 0.29) is 23.3 Å². The first kappa shape index (κ1) is 21.3. The molecule has 0 radical (unpaired) electrons. The Hall–Kier alpha value is -1.45. The largest absolute Gasteiger partial charge is 0.341 e. The fourth-order valence-electron chi connectivity index (χ4n) is 3.79. The number of hydrogen-bond acceptors (Lipinski definition) is 4. The van der Waals surface area contributed by atoms with Gasteiger partial charge in [-0.25, -0.2) is 8.42 Å². The second-order valence-electron chi connectivity index (χ2n) is 7.35. The van der Waals surface area contributed by atoms with Crippen molar-refractivity contribution in [3.63, 3.8) is 0 Å². The summed E-state index contributed by atoms with van der Waals surface area (Å²) in [4.78, 5) is 29.3. The lowest BCUT2D eigenvalue weighted by molar-refractivity contribution is -0.147. The SMILES string of the molecule is CN(CC(=O)N1CCCCC1C(=O)N1CCCC1)S(=O)(=O)c1ccc(Br)cc1. The highest BCUT2D eigenvalue weighted by Crippen LogP contribution is 2.23. The normalized spacial score (nSPS) is 20.6. The predicted octanol–water partition coefficient (Wildman–Crippen LogP) is 2.07. The average molecular weight is 472 g/mol. The molecule has 0 bridgehead atoms. The summed E-state index contributed by atoms with van der Waals surface area (Å²) in [5.41, 5.74) is 0. The first-order valence-electron chi connectivity index (χ1n) is 9.61. The van der Waals surface area contributed by atoms with Crippen molar-refractivity contribution in [2.45, 2.75) is 43.0 Å². The summed E-state index contributed by atoms with van der Waals surface area (Å²) in [6.45, 7) is 1.71. The summed E-state index contributed by atoms with van der Waals surface area (Å²) < 4.78 is 27.3. The molecular formula is C19H26BrN3O4S. The van der Waals surface area contributed by atoms with Crippen LogP contribution in [0.3, 0.4) is 0 Å². The molecular weight excluding hydrogens is 446 g/mol. The number of piperidine rings is 1. The predicted molar refractivity (Wildman–Crippen MR) is 109 cm³/mol. The number of sulfonamides is 1. The zero-order chi connectivity index (χ0) is 20.3. The van der Waals surface area contributed by atoms with Crippen LogP contribution in [0.2, 0.25) is 0 Å². The molecule has 0 saturated carbocycles. The van der Waals surface area contributed by atoms with Crippen LogP contribution >= 0.6 is 15.9 Å². The number of nitrogens with zero attached hydrogens (tertiary/aromatic N) is 3. The molecule has 0 aliphatic carbocycles. The van der Waals surface area contributed by atoms with Crippen LogP contribution in [0, 0.1) is 0 Å². The Balaban J connectivity index is 1.70. The molecule has 154 valence electrons. The number of rotatable bonds is 5. The highest BCUT2D eigenvalue weighted by atomic mass is 79.9. The van der Waals surface area contributed by atoms with Gasteiger partial charge in [0.2, 0.25) is 21.8 Å². The topological polar surface area (TPSA) is 78.0 Å². The third-order valence-corrected chi connectivity index (χ3v) is 7.75. The summed E-state index contributed by atoms with van der Waals surface area (Å²) in [5.74, 6) is -0.315. The smallest absolute Gasteiger partial charge is 0.245 e. The van der Waals surface area contributed by atoms with Crippen molar-refractivity contribution < 1.29 is 18.0 Å². The fraction of sp³-hybridized carbons (Fsp3) is 0.579. The van der Waals surface area contributed by atoms with Crippen molar-refractivity contribution in [3.8, 4) is 0 Å². The van der Waals surface area contributed by atoms with Gasteiger partial charge in [-0.1, -0.05) is 15.9 Å². The van der Waals surface area contributed by atoms with Gasteiger partial charge < -0.3 is 9.80 Å². The van der Waals surface area contributed by atoms with Crippen LogP contribution in [-0.2, 0) is 19.6 Å². The molecule has 1 aromatic carbocycles. The summed E-state index contributed by atoms with van der Waals surface area (Å²) in [6, 6.07) is 5.83. The van der Waals surface area contributed by atoms with E-state index in [0.717, 1.165) is 47.6 Å². The second-order valence-corrected chi connectivity index (χ2v) is 10.3. The van der Waals surface area contributed by atoms with Gasteiger partial charge in [-0.15, -0.1) is 0 Å². The van der Waals surface area contributed by atoms with E-state index in [9.17, 15) is 18.0 Å². The number of carbonyl (C=O) groups excluding carboxylic acids is 2. The molecule has 1 unspecified atom stereocenters. The number of hydrogen-bond donors (Lipinski definition) is 0. The van der Waals surface area contributed by atoms with E-state index >= 15 is 0 Å². The van der Waals surface area contributed by atoms with Crippen LogP contribution in [0.15, 0.2) is 33.6 Å². The lowest BCUT2D eigenvalue weighted by Gasteiger charge is -2.37. The number of carbonyl (C=O) groups is 2. The van der Waals surface area contributed by atoms with Gasteiger partial charge >= 0.3 is 0 Å². The molecule has 2 aliphatic heterocycles. The van der Waals surface area contributed by atoms with Crippen LogP contribution in [0.25, 0.3) is 0 Å². The molecule has 28 heavy (non-hydrogen) atoms. The van der Waals surface area contributed by atoms with E-state index in [1.807, 2.05) is 4.90 Å². The number of benzene rings is 1. The van der Waals surface area contributed by atoms with Crippen molar-refractivity contribution in [2.75, 3.05) is 33.2 Å². The van der Waals surface area contributed by atoms with Crippen molar-refractivity contribution in [3.05, 3.63) is 28.7 Å². The third-order valence-electron chi connectivity index (χ3n) is 5.41. The zero-order valence-corrected chi connectivity index (χ0v) is 18.4. The number of amides is 2. The highest BCUT2D eigenvalue weighted by molar-refractivity contribution is 9.10. The maximum Gasteiger partial charge on any atom is 0.245 e. The van der Waals surface area contributed by atoms with E-state index in [4.69, 9.17) is 0 Å². The average Bonchev–Trinajstić information content (AvgIpc) is 3.22. The molecule has 0 N–H and O–H groups in total. The van der Waals surface area contributed by atoms with Gasteiger partial charge in [-0.05, 0) is 56.4 Å². The van der Waals surface area contributed by atoms with Crippen LogP contribution < -0.4 is 0 Å². The van der Waals surface area contributed by atoms with Gasteiger partial charge in [0, 0.05) is 31.2 Å². The maximum atomic E-state index is 12.9. The standard InChI is InChI=1S/C19H26BrN3O4S/c1-21(28(26,27)16-9-7-15(20)8-10-16)14-18(24)23-13-3-2-6-17(23)19(25)22-11-4-5-12-22/h7-10,17H,2-6,11-14H2,1H3. The van der Waals surface area contributed by atoms with Crippen LogP contribution in [0.5, 0.6) is 0 Å². The third kappa shape index (κ3) is 4.58. The molecule has 2 saturated heterocycles. The molecule has 7 nitrogen and oxygen atoms in total. The van der Waals surface area contributed by atoms with Crippen LogP contribution in [-0.4, -0.2) is 73.6 Å². The van der Waals surface area contributed by atoms with Crippen LogP contribution in [0.4, 0.5) is 0 Å².